The number of carbonyl (C=O) groups is 2. The maximum atomic E-state index is 13.2. The van der Waals surface area contributed by atoms with Gasteiger partial charge in [0, 0.05) is 26.9 Å². The van der Waals surface area contributed by atoms with Gasteiger partial charge in [-0.15, -0.1) is 11.3 Å². The van der Waals surface area contributed by atoms with Gasteiger partial charge in [-0.1, -0.05) is 90.5 Å². The average Bonchev–Trinajstić information content (AvgIpc) is 3.43. The number of benzene rings is 4. The fourth-order valence-electron chi connectivity index (χ4n) is 4.42. The van der Waals surface area contributed by atoms with Crippen molar-refractivity contribution in [2.24, 2.45) is 0 Å². The predicted octanol–water partition coefficient (Wildman–Crippen LogP) is 7.63. The molecule has 0 aliphatic rings. The van der Waals surface area contributed by atoms with Crippen molar-refractivity contribution in [1.29, 1.82) is 0 Å². The predicted molar refractivity (Wildman–Crippen MR) is 156 cm³/mol. The lowest BCUT2D eigenvalue weighted by Crippen LogP contribution is -2.21. The summed E-state index contributed by atoms with van der Waals surface area (Å²) in [6.45, 7) is -0.458. The first-order chi connectivity index (χ1) is 19.1. The number of para-hydroxylation sites is 1. The number of amides is 1. The fraction of sp³-hybridized carbons (Fsp3) is 0.0323. The summed E-state index contributed by atoms with van der Waals surface area (Å²) in [5, 5.41) is 8.21. The number of fused-ring (bicyclic) bond motifs is 2. The minimum atomic E-state index is -0.610. The lowest BCUT2D eigenvalue weighted by atomic mass is 9.99. The van der Waals surface area contributed by atoms with Gasteiger partial charge in [-0.2, -0.15) is 0 Å². The number of halogens is 1. The molecule has 0 saturated carbocycles. The first kappa shape index (κ1) is 24.7. The Kier molecular flexibility index (Phi) is 6.75. The van der Waals surface area contributed by atoms with Gasteiger partial charge in [0.2, 0.25) is 0 Å². The molecule has 0 aliphatic heterocycles. The van der Waals surface area contributed by atoms with E-state index in [-0.39, 0.29) is 0 Å². The first-order valence-corrected chi connectivity index (χ1v) is 13.4. The third-order valence-electron chi connectivity index (χ3n) is 6.24. The van der Waals surface area contributed by atoms with E-state index in [9.17, 15) is 9.59 Å². The van der Waals surface area contributed by atoms with E-state index in [1.54, 1.807) is 17.5 Å². The largest absolute Gasteiger partial charge is 0.452 e. The number of carbonyl (C=O) groups excluding carboxylic acids is 2. The van der Waals surface area contributed by atoms with E-state index in [1.165, 1.54) is 11.3 Å². The highest BCUT2D eigenvalue weighted by Gasteiger charge is 2.18. The van der Waals surface area contributed by atoms with Gasteiger partial charge in [0.1, 0.15) is 0 Å². The Morgan fingerprint density at radius 1 is 0.795 bits per heavy atom. The summed E-state index contributed by atoms with van der Waals surface area (Å²) in [6, 6.07) is 30.4. The lowest BCUT2D eigenvalue weighted by molar-refractivity contribution is -0.119. The van der Waals surface area contributed by atoms with E-state index in [0.717, 1.165) is 21.9 Å². The van der Waals surface area contributed by atoms with Gasteiger partial charge in [-0.05, 0) is 29.0 Å². The molecule has 0 unspecified atom stereocenters. The first-order valence-electron chi connectivity index (χ1n) is 12.1. The third-order valence-corrected chi connectivity index (χ3v) is 7.32. The maximum absolute atomic E-state index is 13.2. The summed E-state index contributed by atoms with van der Waals surface area (Å²) in [7, 11) is 0. The number of hydrogen-bond donors (Lipinski definition) is 1. The molecule has 2 aromatic heterocycles. The number of thiazole rings is 1. The van der Waals surface area contributed by atoms with Gasteiger partial charge >= 0.3 is 5.97 Å². The zero-order chi connectivity index (χ0) is 26.8. The summed E-state index contributed by atoms with van der Waals surface area (Å²) < 4.78 is 5.44. The van der Waals surface area contributed by atoms with Gasteiger partial charge in [0.05, 0.1) is 22.5 Å². The molecule has 0 aliphatic carbocycles. The quantitative estimate of drug-likeness (QED) is 0.216. The second-order valence-corrected chi connectivity index (χ2v) is 10.0. The molecule has 0 radical (unpaired) electrons. The van der Waals surface area contributed by atoms with E-state index < -0.39 is 18.5 Å². The van der Waals surface area contributed by atoms with Crippen molar-refractivity contribution in [2.45, 2.75) is 0 Å². The number of ether oxygens (including phenoxy) is 1. The average molecular weight is 550 g/mol. The van der Waals surface area contributed by atoms with Crippen molar-refractivity contribution >= 4 is 61.6 Å². The number of rotatable bonds is 6. The second-order valence-electron chi connectivity index (χ2n) is 8.74. The van der Waals surface area contributed by atoms with Crippen LogP contribution in [0.5, 0.6) is 0 Å². The van der Waals surface area contributed by atoms with Crippen molar-refractivity contribution in [3.05, 3.63) is 113 Å². The molecule has 8 heteroatoms. The molecule has 190 valence electrons. The Bertz CT molecular complexity index is 1860. The molecule has 0 bridgehead atoms. The zero-order valence-corrected chi connectivity index (χ0v) is 22.0. The van der Waals surface area contributed by atoms with Crippen LogP contribution in [0.3, 0.4) is 0 Å². The van der Waals surface area contributed by atoms with E-state index in [1.807, 2.05) is 84.9 Å². The number of anilines is 1. The Morgan fingerprint density at radius 3 is 2.38 bits per heavy atom. The van der Waals surface area contributed by atoms with Crippen molar-refractivity contribution in [2.75, 3.05) is 11.9 Å². The Morgan fingerprint density at radius 2 is 1.51 bits per heavy atom. The molecule has 0 saturated heterocycles. The molecule has 0 spiro atoms. The molecule has 1 amide bonds. The Labute approximate surface area is 232 Å². The van der Waals surface area contributed by atoms with Crippen molar-refractivity contribution in [1.82, 2.24) is 9.97 Å². The highest BCUT2D eigenvalue weighted by Crippen LogP contribution is 2.32. The summed E-state index contributed by atoms with van der Waals surface area (Å²) in [4.78, 5) is 35.1. The minimum absolute atomic E-state index is 0.339. The van der Waals surface area contributed by atoms with Gasteiger partial charge in [-0.25, -0.2) is 14.8 Å². The third kappa shape index (κ3) is 5.10. The fourth-order valence-corrected chi connectivity index (χ4v) is 5.38. The molecular weight excluding hydrogens is 530 g/mol. The van der Waals surface area contributed by atoms with Crippen molar-refractivity contribution in [3.8, 4) is 22.5 Å². The highest BCUT2D eigenvalue weighted by atomic mass is 35.5. The number of aromatic nitrogens is 2. The Balaban J connectivity index is 1.23. The van der Waals surface area contributed by atoms with Crippen LogP contribution in [0.4, 0.5) is 5.13 Å². The molecule has 4 aromatic carbocycles. The summed E-state index contributed by atoms with van der Waals surface area (Å²) in [5.41, 5.74) is 3.98. The summed E-state index contributed by atoms with van der Waals surface area (Å²) in [6.07, 6.45) is 0. The van der Waals surface area contributed by atoms with Crippen LogP contribution >= 0.6 is 22.9 Å². The van der Waals surface area contributed by atoms with Gasteiger partial charge < -0.3 is 4.74 Å². The van der Waals surface area contributed by atoms with Crippen LogP contribution in [0, 0.1) is 0 Å². The van der Waals surface area contributed by atoms with Crippen molar-refractivity contribution < 1.29 is 14.3 Å². The van der Waals surface area contributed by atoms with Crippen LogP contribution in [0.2, 0.25) is 5.02 Å². The van der Waals surface area contributed by atoms with Gasteiger partial charge in [-0.3, -0.25) is 10.1 Å². The van der Waals surface area contributed by atoms with Crippen LogP contribution < -0.4 is 5.32 Å². The number of nitrogens with one attached hydrogen (secondary N) is 1. The SMILES string of the molecule is O=C(COC(=O)c1cc(-c2cccc3ccccc23)nc2ccccc12)Nc1nc(-c2ccccc2Cl)cs1. The maximum Gasteiger partial charge on any atom is 0.339 e. The van der Waals surface area contributed by atoms with Crippen LogP contribution in [0.1, 0.15) is 10.4 Å². The van der Waals surface area contributed by atoms with E-state index in [4.69, 9.17) is 21.3 Å². The highest BCUT2D eigenvalue weighted by molar-refractivity contribution is 7.14. The molecule has 39 heavy (non-hydrogen) atoms. The normalized spacial score (nSPS) is 11.0. The molecule has 1 N–H and O–H groups in total. The molecule has 0 fully saturated rings. The summed E-state index contributed by atoms with van der Waals surface area (Å²) >= 11 is 7.52. The lowest BCUT2D eigenvalue weighted by Gasteiger charge is -2.11. The van der Waals surface area contributed by atoms with Crippen LogP contribution in [0.25, 0.3) is 44.2 Å². The van der Waals surface area contributed by atoms with Crippen LogP contribution in [-0.2, 0) is 9.53 Å². The number of esters is 1. The monoisotopic (exact) mass is 549 g/mol. The molecular formula is C31H20ClN3O3S. The molecule has 0 atom stereocenters. The molecule has 6 nitrogen and oxygen atoms in total. The zero-order valence-electron chi connectivity index (χ0n) is 20.4. The van der Waals surface area contributed by atoms with E-state index >= 15 is 0 Å². The van der Waals surface area contributed by atoms with Crippen molar-refractivity contribution in [3.63, 3.8) is 0 Å². The standard InChI is InChI=1S/C31H20ClN3O3S/c32-25-14-5-3-12-23(25)28-18-39-31(34-28)35-29(36)17-38-30(37)24-16-27(33-26-15-6-4-11-22(24)26)21-13-7-9-19-8-1-2-10-20(19)21/h1-16,18H,17H2,(H,34,35,36). The second kappa shape index (κ2) is 10.6. The molecule has 6 rings (SSSR count). The van der Waals surface area contributed by atoms with Gasteiger partial charge in [0.25, 0.3) is 5.91 Å². The summed E-state index contributed by atoms with van der Waals surface area (Å²) in [5.74, 6) is -1.10. The number of pyridine rings is 1. The van der Waals surface area contributed by atoms with E-state index in [2.05, 4.69) is 10.3 Å². The number of hydrogen-bond acceptors (Lipinski definition) is 6. The van der Waals surface area contributed by atoms with Crippen LogP contribution in [0.15, 0.2) is 102 Å². The molecule has 6 aromatic rings. The van der Waals surface area contributed by atoms with E-state index in [0.29, 0.717) is 38.0 Å². The molecule has 2 heterocycles. The van der Waals surface area contributed by atoms with Crippen LogP contribution in [-0.4, -0.2) is 28.5 Å². The number of nitrogens with zero attached hydrogens (tertiary/aromatic N) is 2. The Hall–Kier alpha value is -4.59. The topological polar surface area (TPSA) is 81.2 Å². The van der Waals surface area contributed by atoms with Gasteiger partial charge in [0.15, 0.2) is 11.7 Å². The smallest absolute Gasteiger partial charge is 0.339 e. The minimum Gasteiger partial charge on any atom is -0.452 e.